The highest BCUT2D eigenvalue weighted by molar-refractivity contribution is 5.79. The minimum Gasteiger partial charge on any atom is -0.462 e. The second-order valence-corrected chi connectivity index (χ2v) is 11.1. The summed E-state index contributed by atoms with van der Waals surface area (Å²) in [6.45, 7) is 9.59. The number of hydrogen-bond donors (Lipinski definition) is 1. The van der Waals surface area contributed by atoms with Crippen LogP contribution in [0.3, 0.4) is 0 Å². The molecule has 0 amide bonds. The van der Waals surface area contributed by atoms with Gasteiger partial charge >= 0.3 is 11.9 Å². The van der Waals surface area contributed by atoms with Gasteiger partial charge in [0.1, 0.15) is 18.0 Å². The van der Waals surface area contributed by atoms with Gasteiger partial charge in [0.25, 0.3) is 0 Å². The maximum absolute atomic E-state index is 13.1. The molecular weight excluding hydrogens is 420 g/mol. The molecule has 2 aliphatic carbocycles. The predicted octanol–water partition coefficient (Wildman–Crippen LogP) is 4.54. The second-order valence-electron chi connectivity index (χ2n) is 11.1. The Morgan fingerprint density at radius 2 is 1.94 bits per heavy atom. The van der Waals surface area contributed by atoms with E-state index in [9.17, 15) is 19.5 Å². The molecule has 3 aliphatic rings. The molecule has 6 nitrogen and oxygen atoms in total. The second kappa shape index (κ2) is 10.5. The van der Waals surface area contributed by atoms with Crippen LogP contribution in [0, 0.1) is 29.1 Å². The van der Waals surface area contributed by atoms with Crippen molar-refractivity contribution in [1.82, 2.24) is 0 Å². The Bertz CT molecular complexity index is 809. The van der Waals surface area contributed by atoms with Crippen LogP contribution in [0.15, 0.2) is 23.8 Å². The molecule has 1 fully saturated rings. The first-order chi connectivity index (χ1) is 15.5. The van der Waals surface area contributed by atoms with Crippen LogP contribution in [-0.4, -0.2) is 41.1 Å². The van der Waals surface area contributed by atoms with Crippen molar-refractivity contribution in [3.63, 3.8) is 0 Å². The number of ketones is 1. The predicted molar refractivity (Wildman–Crippen MR) is 125 cm³/mol. The number of allylic oxidation sites excluding steroid dienone is 3. The Balaban J connectivity index is 1.74. The smallest absolute Gasteiger partial charge is 0.311 e. The van der Waals surface area contributed by atoms with Crippen LogP contribution >= 0.6 is 0 Å². The molecule has 0 unspecified atom stereocenters. The standard InChI is InChI=1S/C27H40O6/c1-16-12-19-7-6-17(2)22(9-8-21-14-20(29)15-24(30)32-21)25(19)23(13-16)33-26(31)27(4,5)11-10-18(3)28/h6-7,12,16-17,20-23,25,29H,8-11,13-15H2,1-5H3/t16-,17-,20+,21-,22-,23-,25-/m1/s1. The van der Waals surface area contributed by atoms with Crippen molar-refractivity contribution in [3.8, 4) is 0 Å². The van der Waals surface area contributed by atoms with Gasteiger partial charge in [-0.3, -0.25) is 9.59 Å². The fourth-order valence-corrected chi connectivity index (χ4v) is 5.53. The highest BCUT2D eigenvalue weighted by atomic mass is 16.6. The third kappa shape index (κ3) is 6.56. The third-order valence-corrected chi connectivity index (χ3v) is 7.57. The highest BCUT2D eigenvalue weighted by Gasteiger charge is 2.43. The van der Waals surface area contributed by atoms with E-state index in [1.165, 1.54) is 5.57 Å². The molecular formula is C27H40O6. The number of Topliss-reactive ketones (excluding diaryl/α,β-unsaturated/α-hetero) is 1. The lowest BCUT2D eigenvalue weighted by Gasteiger charge is -2.44. The van der Waals surface area contributed by atoms with Crippen molar-refractivity contribution in [2.45, 2.75) is 97.9 Å². The number of hydrogen-bond acceptors (Lipinski definition) is 6. The maximum atomic E-state index is 13.1. The van der Waals surface area contributed by atoms with Gasteiger partial charge in [-0.25, -0.2) is 0 Å². The first-order valence-electron chi connectivity index (χ1n) is 12.4. The van der Waals surface area contributed by atoms with E-state index in [4.69, 9.17) is 9.47 Å². The summed E-state index contributed by atoms with van der Waals surface area (Å²) in [5, 5.41) is 9.95. The summed E-state index contributed by atoms with van der Waals surface area (Å²) < 4.78 is 11.7. The van der Waals surface area contributed by atoms with Crippen LogP contribution in [0.25, 0.3) is 0 Å². The van der Waals surface area contributed by atoms with Crippen LogP contribution in [0.4, 0.5) is 0 Å². The molecule has 0 radical (unpaired) electrons. The first kappa shape index (κ1) is 25.7. The van der Waals surface area contributed by atoms with Crippen LogP contribution in [0.1, 0.15) is 79.6 Å². The lowest BCUT2D eigenvalue weighted by atomic mass is 9.65. The van der Waals surface area contributed by atoms with Crippen LogP contribution in [0.2, 0.25) is 0 Å². The molecule has 3 rings (SSSR count). The molecule has 0 aromatic heterocycles. The van der Waals surface area contributed by atoms with E-state index in [0.29, 0.717) is 37.5 Å². The number of aliphatic hydroxyl groups is 1. The third-order valence-electron chi connectivity index (χ3n) is 7.57. The zero-order valence-corrected chi connectivity index (χ0v) is 20.7. The van der Waals surface area contributed by atoms with E-state index in [1.54, 1.807) is 6.92 Å². The van der Waals surface area contributed by atoms with Gasteiger partial charge in [0.15, 0.2) is 0 Å². The Morgan fingerprint density at radius 1 is 1.21 bits per heavy atom. The van der Waals surface area contributed by atoms with Crippen molar-refractivity contribution in [2.75, 3.05) is 0 Å². The van der Waals surface area contributed by atoms with Gasteiger partial charge in [0.05, 0.1) is 17.9 Å². The number of cyclic esters (lactones) is 1. The monoisotopic (exact) mass is 460 g/mol. The molecule has 0 spiro atoms. The molecule has 0 saturated carbocycles. The number of carbonyl (C=O) groups is 3. The summed E-state index contributed by atoms with van der Waals surface area (Å²) in [6, 6.07) is 0. The van der Waals surface area contributed by atoms with Crippen LogP contribution in [-0.2, 0) is 23.9 Å². The van der Waals surface area contributed by atoms with Crippen molar-refractivity contribution >= 4 is 17.7 Å². The molecule has 1 N–H and O–H groups in total. The van der Waals surface area contributed by atoms with Crippen molar-refractivity contribution < 1.29 is 29.0 Å². The quantitative estimate of drug-likeness (QED) is 0.535. The highest BCUT2D eigenvalue weighted by Crippen LogP contribution is 2.45. The maximum Gasteiger partial charge on any atom is 0.311 e. The number of esters is 2. The topological polar surface area (TPSA) is 89.9 Å². The molecule has 0 aromatic carbocycles. The zero-order valence-electron chi connectivity index (χ0n) is 20.7. The van der Waals surface area contributed by atoms with Crippen LogP contribution in [0.5, 0.6) is 0 Å². The summed E-state index contributed by atoms with van der Waals surface area (Å²) in [4.78, 5) is 36.3. The van der Waals surface area contributed by atoms with Gasteiger partial charge < -0.3 is 19.4 Å². The van der Waals surface area contributed by atoms with Crippen molar-refractivity contribution in [3.05, 3.63) is 23.8 Å². The molecule has 1 heterocycles. The zero-order chi connectivity index (χ0) is 24.3. The first-order valence-corrected chi connectivity index (χ1v) is 12.4. The Kier molecular flexibility index (Phi) is 8.20. The van der Waals surface area contributed by atoms with Gasteiger partial charge in [-0.2, -0.15) is 0 Å². The van der Waals surface area contributed by atoms with Gasteiger partial charge in [-0.15, -0.1) is 0 Å². The minimum absolute atomic E-state index is 0.0733. The summed E-state index contributed by atoms with van der Waals surface area (Å²) in [5.41, 5.74) is 0.505. The van der Waals surface area contributed by atoms with Gasteiger partial charge in [-0.05, 0) is 69.8 Å². The molecule has 184 valence electrons. The Hall–Kier alpha value is -1.95. The normalized spacial score (nSPS) is 34.2. The van der Waals surface area contributed by atoms with E-state index in [2.05, 4.69) is 32.1 Å². The van der Waals surface area contributed by atoms with E-state index >= 15 is 0 Å². The lowest BCUT2D eigenvalue weighted by Crippen LogP contribution is -2.43. The largest absolute Gasteiger partial charge is 0.462 e. The molecule has 1 aliphatic heterocycles. The van der Waals surface area contributed by atoms with E-state index in [1.807, 2.05) is 13.8 Å². The van der Waals surface area contributed by atoms with E-state index < -0.39 is 11.5 Å². The number of aliphatic hydroxyl groups excluding tert-OH is 1. The molecule has 0 aromatic rings. The number of ether oxygens (including phenoxy) is 2. The molecule has 7 atom stereocenters. The van der Waals surface area contributed by atoms with Crippen molar-refractivity contribution in [1.29, 1.82) is 0 Å². The van der Waals surface area contributed by atoms with Gasteiger partial charge in [-0.1, -0.05) is 32.1 Å². The van der Waals surface area contributed by atoms with Crippen LogP contribution < -0.4 is 0 Å². The van der Waals surface area contributed by atoms with Gasteiger partial charge in [0, 0.05) is 18.8 Å². The Labute approximate surface area is 197 Å². The minimum atomic E-state index is -0.714. The number of rotatable bonds is 8. The summed E-state index contributed by atoms with van der Waals surface area (Å²) in [5.74, 6) is 0.462. The lowest BCUT2D eigenvalue weighted by molar-refractivity contribution is -0.166. The number of carbonyl (C=O) groups excluding carboxylic acids is 3. The fraction of sp³-hybridized carbons (Fsp3) is 0.741. The van der Waals surface area contributed by atoms with Crippen molar-refractivity contribution in [2.24, 2.45) is 29.1 Å². The average Bonchev–Trinajstić information content (AvgIpc) is 2.71. The molecule has 1 saturated heterocycles. The average molecular weight is 461 g/mol. The molecule has 6 heteroatoms. The fourth-order valence-electron chi connectivity index (χ4n) is 5.53. The van der Waals surface area contributed by atoms with E-state index in [0.717, 1.165) is 12.8 Å². The number of fused-ring (bicyclic) bond motifs is 1. The molecule has 33 heavy (non-hydrogen) atoms. The van der Waals surface area contributed by atoms with Gasteiger partial charge in [0.2, 0.25) is 0 Å². The summed E-state index contributed by atoms with van der Waals surface area (Å²) >= 11 is 0. The Morgan fingerprint density at radius 3 is 2.61 bits per heavy atom. The SMILES string of the molecule is CC(=O)CCC(C)(C)C(=O)O[C@@H]1C[C@H](C)C=C2C=C[C@@H](C)[C@@H](CC[C@@H]3C[C@H](O)CC(=O)O3)[C@@H]21. The van der Waals surface area contributed by atoms with E-state index in [-0.39, 0.29) is 48.2 Å². The summed E-state index contributed by atoms with van der Waals surface area (Å²) in [6.07, 6.45) is 9.27. The summed E-state index contributed by atoms with van der Waals surface area (Å²) in [7, 11) is 0. The molecule has 0 bridgehead atoms.